The van der Waals surface area contributed by atoms with Crippen molar-refractivity contribution in [1.82, 2.24) is 4.98 Å². The molecule has 0 spiro atoms. The molecule has 1 aromatic heterocycles. The largest absolute Gasteiger partial charge is 0.257 e. The minimum Gasteiger partial charge on any atom is -0.257 e. The van der Waals surface area contributed by atoms with Gasteiger partial charge in [-0.15, -0.1) is 0 Å². The smallest absolute Gasteiger partial charge is 0.116 e. The summed E-state index contributed by atoms with van der Waals surface area (Å²) in [6, 6.07) is 7.32. The summed E-state index contributed by atoms with van der Waals surface area (Å²) in [7, 11) is 11.4. The fraction of sp³-hybridized carbons (Fsp3) is 0. The van der Waals surface area contributed by atoms with E-state index >= 15 is 0 Å². The maximum absolute atomic E-state index is 5.73. The molecule has 0 unspecified atom stereocenters. The number of hydrogen-bond acceptors (Lipinski definition) is 1. The molecule has 4 radical (unpaired) electrons. The van der Waals surface area contributed by atoms with Gasteiger partial charge in [-0.05, 0) is 11.5 Å². The molecule has 52 valence electrons. The summed E-state index contributed by atoms with van der Waals surface area (Å²) in [5.74, 6) is 0. The van der Waals surface area contributed by atoms with Crippen LogP contribution in [-0.4, -0.2) is 20.7 Å². The first kappa shape index (κ1) is 7.41. The zero-order chi connectivity index (χ0) is 8.55. The summed E-state index contributed by atoms with van der Waals surface area (Å²) < 4.78 is 0. The van der Waals surface area contributed by atoms with E-state index in [9.17, 15) is 0 Å². The minimum atomic E-state index is 0.666. The molecule has 2 aromatic rings. The van der Waals surface area contributed by atoms with Crippen LogP contribution in [0.5, 0.6) is 0 Å². The lowest BCUT2D eigenvalue weighted by atomic mass is 9.85. The lowest BCUT2D eigenvalue weighted by Gasteiger charge is -2.03. The van der Waals surface area contributed by atoms with E-state index in [0.717, 1.165) is 10.9 Å². The van der Waals surface area contributed by atoms with Gasteiger partial charge in [-0.2, -0.15) is 0 Å². The molecular formula is C9H5B2N. The molecule has 0 saturated carbocycles. The highest BCUT2D eigenvalue weighted by molar-refractivity contribution is 6.44. The molecule has 0 aliphatic carbocycles. The van der Waals surface area contributed by atoms with Crippen LogP contribution in [0.25, 0.3) is 10.9 Å². The third-order valence-corrected chi connectivity index (χ3v) is 1.83. The van der Waals surface area contributed by atoms with Crippen LogP contribution in [0, 0.1) is 0 Å². The number of rotatable bonds is 0. The van der Waals surface area contributed by atoms with Gasteiger partial charge in [0.25, 0.3) is 0 Å². The molecule has 0 saturated heterocycles. The van der Waals surface area contributed by atoms with Gasteiger partial charge in [0.15, 0.2) is 0 Å². The van der Waals surface area contributed by atoms with Gasteiger partial charge in [-0.3, -0.25) is 4.98 Å². The predicted octanol–water partition coefficient (Wildman–Crippen LogP) is -0.178. The lowest BCUT2D eigenvalue weighted by molar-refractivity contribution is 1.43. The fourth-order valence-corrected chi connectivity index (χ4v) is 1.22. The van der Waals surface area contributed by atoms with Crippen LogP contribution in [0.4, 0.5) is 0 Å². The molecule has 12 heavy (non-hydrogen) atoms. The van der Waals surface area contributed by atoms with Crippen molar-refractivity contribution in [2.24, 2.45) is 0 Å². The molecule has 1 nitrogen and oxygen atoms in total. The van der Waals surface area contributed by atoms with Gasteiger partial charge >= 0.3 is 0 Å². The monoisotopic (exact) mass is 149 g/mol. The van der Waals surface area contributed by atoms with Gasteiger partial charge in [0.1, 0.15) is 15.7 Å². The number of pyridine rings is 1. The van der Waals surface area contributed by atoms with E-state index in [1.807, 2.05) is 12.1 Å². The van der Waals surface area contributed by atoms with Crippen LogP contribution in [0.15, 0.2) is 30.5 Å². The summed E-state index contributed by atoms with van der Waals surface area (Å²) in [5.41, 5.74) is 2.16. The van der Waals surface area contributed by atoms with Crippen molar-refractivity contribution in [3.05, 3.63) is 30.5 Å². The first-order chi connectivity index (χ1) is 5.79. The van der Waals surface area contributed by atoms with E-state index < -0.39 is 0 Å². The predicted molar refractivity (Wildman–Crippen MR) is 52.5 cm³/mol. The van der Waals surface area contributed by atoms with Gasteiger partial charge in [-0.25, -0.2) is 0 Å². The molecule has 3 heteroatoms. The summed E-state index contributed by atoms with van der Waals surface area (Å²) in [4.78, 5) is 4.14. The average Bonchev–Trinajstić information content (AvgIpc) is 2.12. The highest BCUT2D eigenvalue weighted by Gasteiger charge is 1.98. The van der Waals surface area contributed by atoms with Crippen molar-refractivity contribution in [1.29, 1.82) is 0 Å². The maximum atomic E-state index is 5.73. The zero-order valence-corrected chi connectivity index (χ0v) is 6.49. The lowest BCUT2D eigenvalue weighted by Crippen LogP contribution is -2.13. The Balaban J connectivity index is 2.95. The molecule has 0 atom stereocenters. The zero-order valence-electron chi connectivity index (χ0n) is 6.49. The SMILES string of the molecule is [B]c1ccc([B])c2ncccc12. The fourth-order valence-electron chi connectivity index (χ4n) is 1.22. The van der Waals surface area contributed by atoms with Gasteiger partial charge in [0.2, 0.25) is 0 Å². The Labute approximate surface area is 73.6 Å². The van der Waals surface area contributed by atoms with Crippen LogP contribution in [0.3, 0.4) is 0 Å². The van der Waals surface area contributed by atoms with E-state index in [1.165, 1.54) is 0 Å². The molecule has 0 amide bonds. The third kappa shape index (κ3) is 1.02. The molecule has 0 fully saturated rings. The Morgan fingerprint density at radius 2 is 1.75 bits per heavy atom. The molecule has 2 rings (SSSR count). The summed E-state index contributed by atoms with van der Waals surface area (Å²) in [6.45, 7) is 0. The van der Waals surface area contributed by atoms with E-state index in [1.54, 1.807) is 18.3 Å². The number of hydrogen-bond donors (Lipinski definition) is 0. The second kappa shape index (κ2) is 2.67. The summed E-state index contributed by atoms with van der Waals surface area (Å²) in [6.07, 6.45) is 1.71. The van der Waals surface area contributed by atoms with Crippen LogP contribution >= 0.6 is 0 Å². The van der Waals surface area contributed by atoms with Gasteiger partial charge in [0.05, 0.1) is 5.52 Å². The normalized spacial score (nSPS) is 10.3. The van der Waals surface area contributed by atoms with E-state index in [0.29, 0.717) is 10.9 Å². The second-order valence-electron chi connectivity index (χ2n) is 2.64. The molecular weight excluding hydrogens is 144 g/mol. The molecule has 1 aromatic carbocycles. The molecule has 0 aliphatic rings. The summed E-state index contributed by atoms with van der Waals surface area (Å²) in [5, 5.41) is 0.914. The molecule has 0 aliphatic heterocycles. The number of nitrogens with zero attached hydrogens (tertiary/aromatic N) is 1. The Morgan fingerprint density at radius 3 is 2.50 bits per heavy atom. The Hall–Kier alpha value is -1.24. The van der Waals surface area contributed by atoms with Crippen LogP contribution in [0.2, 0.25) is 0 Å². The summed E-state index contributed by atoms with van der Waals surface area (Å²) >= 11 is 0. The van der Waals surface area contributed by atoms with Crippen molar-refractivity contribution in [3.63, 3.8) is 0 Å². The molecule has 0 bridgehead atoms. The standard InChI is InChI=1S/C9H5B2N/c10-7-3-4-8(11)9-6(7)2-1-5-12-9/h1-5H. The number of fused-ring (bicyclic) bond motifs is 1. The van der Waals surface area contributed by atoms with Gasteiger partial charge in [0, 0.05) is 6.20 Å². The van der Waals surface area contributed by atoms with Crippen LogP contribution < -0.4 is 10.9 Å². The van der Waals surface area contributed by atoms with Gasteiger partial charge in [-0.1, -0.05) is 29.1 Å². The second-order valence-corrected chi connectivity index (χ2v) is 2.64. The maximum Gasteiger partial charge on any atom is 0.116 e. The van der Waals surface area contributed by atoms with Crippen LogP contribution in [-0.2, 0) is 0 Å². The average molecular weight is 149 g/mol. The minimum absolute atomic E-state index is 0.666. The Bertz CT molecular complexity index is 385. The van der Waals surface area contributed by atoms with Crippen molar-refractivity contribution in [2.45, 2.75) is 0 Å². The number of benzene rings is 1. The van der Waals surface area contributed by atoms with Crippen LogP contribution in [0.1, 0.15) is 0 Å². The van der Waals surface area contributed by atoms with Crippen molar-refractivity contribution in [2.75, 3.05) is 0 Å². The number of aromatic nitrogens is 1. The Morgan fingerprint density at radius 1 is 1.00 bits per heavy atom. The van der Waals surface area contributed by atoms with Crippen molar-refractivity contribution < 1.29 is 0 Å². The van der Waals surface area contributed by atoms with Gasteiger partial charge < -0.3 is 0 Å². The molecule has 0 N–H and O–H groups in total. The van der Waals surface area contributed by atoms with E-state index in [-0.39, 0.29) is 0 Å². The first-order valence-electron chi connectivity index (χ1n) is 3.68. The van der Waals surface area contributed by atoms with E-state index in [2.05, 4.69) is 4.98 Å². The quantitative estimate of drug-likeness (QED) is 0.473. The highest BCUT2D eigenvalue weighted by atomic mass is 14.6. The highest BCUT2D eigenvalue weighted by Crippen LogP contribution is 2.03. The van der Waals surface area contributed by atoms with E-state index in [4.69, 9.17) is 15.7 Å². The molecule has 1 heterocycles. The topological polar surface area (TPSA) is 12.9 Å². The Kier molecular flexibility index (Phi) is 1.65. The third-order valence-electron chi connectivity index (χ3n) is 1.83. The van der Waals surface area contributed by atoms with Crippen molar-refractivity contribution >= 4 is 37.5 Å². The first-order valence-corrected chi connectivity index (χ1v) is 3.68. The van der Waals surface area contributed by atoms with Crippen molar-refractivity contribution in [3.8, 4) is 0 Å².